The average Bonchev–Trinajstić information content (AvgIpc) is 3.19. The maximum Gasteiger partial charge on any atom is 0.266 e. The van der Waals surface area contributed by atoms with Crippen LogP contribution in [0.5, 0.6) is 5.75 Å². The number of methoxy groups -OCH3 is 1. The molecule has 0 unspecified atom stereocenters. The van der Waals surface area contributed by atoms with E-state index in [1.54, 1.807) is 23.8 Å². The van der Waals surface area contributed by atoms with Crippen LogP contribution >= 0.6 is 35.7 Å². The van der Waals surface area contributed by atoms with Crippen molar-refractivity contribution in [2.45, 2.75) is 44.9 Å². The molecule has 2 aliphatic rings. The van der Waals surface area contributed by atoms with Crippen LogP contribution in [0.4, 0.5) is 5.69 Å². The monoisotopic (exact) mass is 434 g/mol. The van der Waals surface area contributed by atoms with Crippen molar-refractivity contribution >= 4 is 51.7 Å². The topological polar surface area (TPSA) is 32.8 Å². The molecule has 2 aliphatic heterocycles. The summed E-state index contributed by atoms with van der Waals surface area (Å²) >= 11 is 8.65. The largest absolute Gasteiger partial charge is 0.497 e. The quantitative estimate of drug-likeness (QED) is 0.399. The van der Waals surface area contributed by atoms with Crippen LogP contribution in [0.1, 0.15) is 40.0 Å². The van der Waals surface area contributed by atoms with Crippen LogP contribution in [-0.4, -0.2) is 35.3 Å². The highest BCUT2D eigenvalue weighted by Crippen LogP contribution is 2.48. The van der Waals surface area contributed by atoms with Gasteiger partial charge in [-0.25, -0.2) is 0 Å². The van der Waals surface area contributed by atoms with Gasteiger partial charge in [0.2, 0.25) is 0 Å². The lowest BCUT2D eigenvalue weighted by Gasteiger charge is -2.19. The Labute approximate surface area is 181 Å². The van der Waals surface area contributed by atoms with Crippen LogP contribution in [-0.2, 0) is 4.79 Å². The van der Waals surface area contributed by atoms with Crippen molar-refractivity contribution in [1.82, 2.24) is 4.90 Å². The molecule has 0 spiro atoms. The lowest BCUT2D eigenvalue weighted by Crippen LogP contribution is -2.29. The minimum Gasteiger partial charge on any atom is -0.497 e. The summed E-state index contributed by atoms with van der Waals surface area (Å²) in [5, 5.41) is 1.14. The number of amides is 1. The number of carbonyl (C=O) groups is 1. The molecular formula is C21H26N2O2S3. The van der Waals surface area contributed by atoms with Gasteiger partial charge in [0, 0.05) is 24.1 Å². The number of ether oxygens (including phenoxy) is 1. The van der Waals surface area contributed by atoms with E-state index < -0.39 is 0 Å². The van der Waals surface area contributed by atoms with Gasteiger partial charge in [0.1, 0.15) is 10.1 Å². The predicted molar refractivity (Wildman–Crippen MR) is 124 cm³/mol. The number of nitrogens with zero attached hydrogens (tertiary/aromatic N) is 2. The fraction of sp³-hybridized carbons (Fsp3) is 0.429. The molecule has 1 aromatic rings. The molecule has 4 nitrogen and oxygen atoms in total. The molecule has 1 amide bonds. The molecular weight excluding hydrogens is 408 g/mol. The Morgan fingerprint density at radius 2 is 2.00 bits per heavy atom. The highest BCUT2D eigenvalue weighted by atomic mass is 32.2. The molecule has 1 saturated heterocycles. The molecule has 0 atom stereocenters. The third kappa shape index (κ3) is 4.11. The van der Waals surface area contributed by atoms with E-state index in [1.807, 2.05) is 6.07 Å². The second-order valence-corrected chi connectivity index (χ2v) is 9.26. The first kappa shape index (κ1) is 21.3. The van der Waals surface area contributed by atoms with Crippen molar-refractivity contribution in [3.05, 3.63) is 39.8 Å². The SMILES string of the molecule is CCCCN1C(=O)/C(=C(\C=C2/Sc3ccc(OC)cc3N2CC)CC)SC1=S. The molecule has 2 heterocycles. The van der Waals surface area contributed by atoms with Gasteiger partial charge in [0.15, 0.2) is 0 Å². The first-order chi connectivity index (χ1) is 13.5. The minimum atomic E-state index is 0.0578. The van der Waals surface area contributed by atoms with Gasteiger partial charge in [-0.1, -0.05) is 56.0 Å². The number of anilines is 1. The molecule has 28 heavy (non-hydrogen) atoms. The average molecular weight is 435 g/mol. The first-order valence-electron chi connectivity index (χ1n) is 9.65. The van der Waals surface area contributed by atoms with Crippen LogP contribution in [0, 0.1) is 0 Å². The van der Waals surface area contributed by atoms with E-state index in [-0.39, 0.29) is 5.91 Å². The highest BCUT2D eigenvalue weighted by Gasteiger charge is 2.34. The van der Waals surface area contributed by atoms with Crippen LogP contribution in [0.2, 0.25) is 0 Å². The molecule has 0 saturated carbocycles. The van der Waals surface area contributed by atoms with Crippen molar-refractivity contribution < 1.29 is 9.53 Å². The number of carbonyl (C=O) groups excluding carboxylic acids is 1. The Hall–Kier alpha value is -1.44. The molecule has 0 N–H and O–H groups in total. The Balaban J connectivity index is 1.93. The summed E-state index contributed by atoms with van der Waals surface area (Å²) in [5.74, 6) is 0.911. The van der Waals surface area contributed by atoms with Crippen LogP contribution in [0.25, 0.3) is 0 Å². The second kappa shape index (κ2) is 9.37. The molecule has 0 aromatic heterocycles. The summed E-state index contributed by atoms with van der Waals surface area (Å²) in [6.45, 7) is 7.92. The van der Waals surface area contributed by atoms with E-state index in [2.05, 4.69) is 43.9 Å². The van der Waals surface area contributed by atoms with Gasteiger partial charge in [-0.2, -0.15) is 0 Å². The number of fused-ring (bicyclic) bond motifs is 1. The Morgan fingerprint density at radius 1 is 1.21 bits per heavy atom. The Bertz CT molecular complexity index is 848. The molecule has 150 valence electrons. The van der Waals surface area contributed by atoms with Crippen LogP contribution in [0.3, 0.4) is 0 Å². The standard InChI is InChI=1S/C21H26N2O2S3/c1-5-8-11-23-20(24)19(28-21(23)26)14(6-2)12-18-22(7-3)16-13-15(25-4)9-10-17(16)27-18/h9-10,12-13H,5-8,11H2,1-4H3/b18-12-,19-14+. The fourth-order valence-electron chi connectivity index (χ4n) is 3.22. The molecule has 7 heteroatoms. The zero-order chi connectivity index (χ0) is 20.3. The van der Waals surface area contributed by atoms with Gasteiger partial charge < -0.3 is 9.64 Å². The number of rotatable bonds is 7. The second-order valence-electron chi connectivity index (χ2n) is 6.55. The lowest BCUT2D eigenvalue weighted by atomic mass is 10.1. The zero-order valence-electron chi connectivity index (χ0n) is 16.8. The van der Waals surface area contributed by atoms with Gasteiger partial charge in [0.25, 0.3) is 5.91 Å². The number of hydrogen-bond acceptors (Lipinski definition) is 6. The van der Waals surface area contributed by atoms with Gasteiger partial charge in [0.05, 0.1) is 22.7 Å². The van der Waals surface area contributed by atoms with Crippen molar-refractivity contribution in [1.29, 1.82) is 0 Å². The van der Waals surface area contributed by atoms with Gasteiger partial charge in [-0.15, -0.1) is 0 Å². The van der Waals surface area contributed by atoms with Crippen molar-refractivity contribution in [3.63, 3.8) is 0 Å². The van der Waals surface area contributed by atoms with E-state index in [1.165, 1.54) is 16.7 Å². The van der Waals surface area contributed by atoms with E-state index >= 15 is 0 Å². The van der Waals surface area contributed by atoms with E-state index in [4.69, 9.17) is 17.0 Å². The molecule has 1 aromatic carbocycles. The maximum atomic E-state index is 12.9. The lowest BCUT2D eigenvalue weighted by molar-refractivity contribution is -0.122. The molecule has 3 rings (SSSR count). The third-order valence-electron chi connectivity index (χ3n) is 4.81. The van der Waals surface area contributed by atoms with Crippen molar-refractivity contribution in [3.8, 4) is 5.75 Å². The summed E-state index contributed by atoms with van der Waals surface area (Å²) in [6.07, 6.45) is 4.97. The van der Waals surface area contributed by atoms with Crippen molar-refractivity contribution in [2.75, 3.05) is 25.1 Å². The number of thiocarbonyl (C=S) groups is 1. The van der Waals surface area contributed by atoms with E-state index in [0.717, 1.165) is 52.8 Å². The molecule has 0 radical (unpaired) electrons. The third-order valence-corrected chi connectivity index (χ3v) is 7.43. The fourth-order valence-corrected chi connectivity index (χ4v) is 5.81. The van der Waals surface area contributed by atoms with Crippen molar-refractivity contribution in [2.24, 2.45) is 0 Å². The number of thioether (sulfide) groups is 2. The number of unbranched alkanes of at least 4 members (excludes halogenated alkanes) is 1. The van der Waals surface area contributed by atoms with E-state index in [9.17, 15) is 4.79 Å². The van der Waals surface area contributed by atoms with Crippen LogP contribution < -0.4 is 9.64 Å². The van der Waals surface area contributed by atoms with Gasteiger partial charge >= 0.3 is 0 Å². The Kier molecular flexibility index (Phi) is 7.12. The highest BCUT2D eigenvalue weighted by molar-refractivity contribution is 8.26. The summed E-state index contributed by atoms with van der Waals surface area (Å²) in [4.78, 5) is 19.0. The summed E-state index contributed by atoms with van der Waals surface area (Å²) in [5.41, 5.74) is 2.21. The predicted octanol–water partition coefficient (Wildman–Crippen LogP) is 5.79. The smallest absolute Gasteiger partial charge is 0.266 e. The summed E-state index contributed by atoms with van der Waals surface area (Å²) in [7, 11) is 1.69. The minimum absolute atomic E-state index is 0.0578. The molecule has 0 aliphatic carbocycles. The Morgan fingerprint density at radius 3 is 2.64 bits per heavy atom. The van der Waals surface area contributed by atoms with Gasteiger partial charge in [-0.05, 0) is 43.5 Å². The van der Waals surface area contributed by atoms with E-state index in [0.29, 0.717) is 10.9 Å². The normalized spacial score (nSPS) is 19.6. The first-order valence-corrected chi connectivity index (χ1v) is 11.7. The maximum absolute atomic E-state index is 12.9. The molecule has 1 fully saturated rings. The number of allylic oxidation sites excluding steroid dienone is 2. The van der Waals surface area contributed by atoms with Crippen LogP contribution in [0.15, 0.2) is 44.7 Å². The number of benzene rings is 1. The zero-order valence-corrected chi connectivity index (χ0v) is 19.2. The van der Waals surface area contributed by atoms with Gasteiger partial charge in [-0.3, -0.25) is 9.69 Å². The summed E-state index contributed by atoms with van der Waals surface area (Å²) < 4.78 is 6.07. The summed E-state index contributed by atoms with van der Waals surface area (Å²) in [6, 6.07) is 6.16. The number of hydrogen-bond donors (Lipinski definition) is 0. The molecule has 0 bridgehead atoms.